The van der Waals surface area contributed by atoms with Crippen molar-refractivity contribution in [3.63, 3.8) is 0 Å². The number of carbonyl (C=O) groups excluding carboxylic acids is 2. The molecule has 0 bridgehead atoms. The predicted molar refractivity (Wildman–Crippen MR) is 166 cm³/mol. The fourth-order valence-electron chi connectivity index (χ4n) is 5.76. The van der Waals surface area contributed by atoms with Gasteiger partial charge in [-0.3, -0.25) is 19.7 Å². The Morgan fingerprint density at radius 1 is 0.851 bits per heavy atom. The number of carboxylic acid groups (broad SMARTS) is 2. The van der Waals surface area contributed by atoms with E-state index >= 15 is 0 Å². The maximum absolute atomic E-state index is 14.0. The van der Waals surface area contributed by atoms with Gasteiger partial charge in [0.2, 0.25) is 11.8 Å². The number of amides is 2. The normalized spacial score (nSPS) is 17.9. The lowest BCUT2D eigenvalue weighted by molar-refractivity contribution is -0.149. The van der Waals surface area contributed by atoms with Crippen LogP contribution in [0.1, 0.15) is 36.0 Å². The average Bonchev–Trinajstić information content (AvgIpc) is 3.45. The van der Waals surface area contributed by atoms with Crippen LogP contribution in [-0.2, 0) is 38.4 Å². The molecule has 1 heterocycles. The van der Waals surface area contributed by atoms with Crippen LogP contribution < -0.4 is 16.4 Å². The smallest absolute Gasteiger partial charge is 0.326 e. The van der Waals surface area contributed by atoms with E-state index in [2.05, 4.69) is 10.6 Å². The minimum absolute atomic E-state index is 0.0873. The van der Waals surface area contributed by atoms with Crippen LogP contribution in [0, 0.1) is 17.5 Å². The Kier molecular flexibility index (Phi) is 12.1. The molecular weight excluding hydrogens is 617 g/mol. The molecule has 0 aliphatic carbocycles. The Bertz CT molecular complexity index is 1560. The second-order valence-electron chi connectivity index (χ2n) is 11.7. The van der Waals surface area contributed by atoms with Gasteiger partial charge in [0.25, 0.3) is 0 Å². The molecule has 3 aromatic carbocycles. The highest BCUT2D eigenvalue weighted by molar-refractivity contribution is 5.89. The van der Waals surface area contributed by atoms with Crippen molar-refractivity contribution in [1.82, 2.24) is 15.5 Å². The summed E-state index contributed by atoms with van der Waals surface area (Å²) in [6, 6.07) is 14.0. The van der Waals surface area contributed by atoms with E-state index in [1.54, 1.807) is 30.3 Å². The van der Waals surface area contributed by atoms with Crippen LogP contribution in [-0.4, -0.2) is 75.6 Å². The molecule has 1 aliphatic heterocycles. The molecule has 47 heavy (non-hydrogen) atoms. The number of benzene rings is 3. The second kappa shape index (κ2) is 16.2. The maximum Gasteiger partial charge on any atom is 0.326 e. The zero-order chi connectivity index (χ0) is 34.1. The molecule has 6 N–H and O–H groups in total. The molecule has 250 valence electrons. The number of carboxylic acids is 2. The number of hydrogen-bond acceptors (Lipinski definition) is 6. The summed E-state index contributed by atoms with van der Waals surface area (Å²) in [6.07, 6.45) is -0.0185. The number of aryl methyl sites for hydroxylation is 1. The average molecular weight is 655 g/mol. The molecule has 3 aromatic rings. The van der Waals surface area contributed by atoms with E-state index in [-0.39, 0.29) is 44.2 Å². The van der Waals surface area contributed by atoms with E-state index in [1.807, 2.05) is 30.3 Å². The van der Waals surface area contributed by atoms with E-state index in [4.69, 9.17) is 5.73 Å². The molecule has 0 spiro atoms. The van der Waals surface area contributed by atoms with Gasteiger partial charge in [0.1, 0.15) is 17.9 Å². The van der Waals surface area contributed by atoms with Crippen LogP contribution in [0.3, 0.4) is 0 Å². The van der Waals surface area contributed by atoms with Crippen LogP contribution in [0.2, 0.25) is 0 Å². The molecule has 0 saturated carbocycles. The summed E-state index contributed by atoms with van der Waals surface area (Å²) in [5, 5.41) is 25.6. The topological polar surface area (TPSA) is 162 Å². The molecule has 4 rings (SSSR count). The van der Waals surface area contributed by atoms with Crippen molar-refractivity contribution in [2.45, 2.75) is 68.7 Å². The Balaban J connectivity index is 1.45. The molecule has 0 unspecified atom stereocenters. The molecule has 5 atom stereocenters. The molecule has 13 heteroatoms. The quantitative estimate of drug-likeness (QED) is 0.156. The van der Waals surface area contributed by atoms with E-state index in [1.165, 1.54) is 0 Å². The zero-order valence-electron chi connectivity index (χ0n) is 25.5. The lowest BCUT2D eigenvalue weighted by Crippen LogP contribution is -2.55. The van der Waals surface area contributed by atoms with Gasteiger partial charge in [-0.05, 0) is 48.4 Å². The minimum Gasteiger partial charge on any atom is -0.480 e. The highest BCUT2D eigenvalue weighted by atomic mass is 19.2. The summed E-state index contributed by atoms with van der Waals surface area (Å²) >= 11 is 0. The van der Waals surface area contributed by atoms with Crippen LogP contribution in [0.4, 0.5) is 13.2 Å². The number of hydrogen-bond donors (Lipinski definition) is 5. The third-order valence-electron chi connectivity index (χ3n) is 8.10. The van der Waals surface area contributed by atoms with E-state index in [0.717, 1.165) is 16.0 Å². The van der Waals surface area contributed by atoms with Crippen LogP contribution >= 0.6 is 0 Å². The summed E-state index contributed by atoms with van der Waals surface area (Å²) in [6.45, 7) is -0.163. The van der Waals surface area contributed by atoms with Crippen LogP contribution in [0.15, 0.2) is 72.8 Å². The molecule has 2 amide bonds. The van der Waals surface area contributed by atoms with Gasteiger partial charge in [0.05, 0.1) is 6.04 Å². The number of rotatable bonds is 15. The molecule has 10 nitrogen and oxygen atoms in total. The highest BCUT2D eigenvalue weighted by Crippen LogP contribution is 2.22. The van der Waals surface area contributed by atoms with Gasteiger partial charge >= 0.3 is 11.9 Å². The van der Waals surface area contributed by atoms with Gasteiger partial charge in [-0.2, -0.15) is 0 Å². The first-order valence-electron chi connectivity index (χ1n) is 15.2. The van der Waals surface area contributed by atoms with Crippen molar-refractivity contribution in [3.8, 4) is 0 Å². The lowest BCUT2D eigenvalue weighted by Gasteiger charge is -2.29. The minimum atomic E-state index is -1.35. The number of carbonyl (C=O) groups is 4. The van der Waals surface area contributed by atoms with Gasteiger partial charge in [0.15, 0.2) is 11.6 Å². The van der Waals surface area contributed by atoms with Gasteiger partial charge in [0, 0.05) is 37.5 Å². The Morgan fingerprint density at radius 3 is 2.09 bits per heavy atom. The van der Waals surface area contributed by atoms with Crippen molar-refractivity contribution in [2.24, 2.45) is 5.73 Å². The summed E-state index contributed by atoms with van der Waals surface area (Å²) in [5.74, 6) is -7.29. The molecule has 1 fully saturated rings. The SMILES string of the molecule is N[C@@H](CC(=O)N[C@H]1C[C@@H](C(=O)O)N(C(=O)[C@H](Cc2ccccc2)N[C@@H](CCc2ccccc2)C(=O)O)C1)Cc1cc(F)c(F)cc1F. The number of nitrogens with two attached hydrogens (primary N) is 1. The first-order chi connectivity index (χ1) is 22.4. The molecule has 1 saturated heterocycles. The number of likely N-dealkylation sites (tertiary alicyclic amines) is 1. The standard InChI is InChI=1S/C34H37F3N4O6/c35-25-18-27(37)26(36)15-22(25)14-23(38)16-31(42)39-24-17-30(34(46)47)41(19-24)32(43)29(13-21-9-5-2-6-10-21)40-28(33(44)45)12-11-20-7-3-1-4-8-20/h1-10,15,18,23-24,28-30,40H,11-14,16-17,19,38H2,(H,39,42)(H,44,45)(H,46,47)/t23-,24+,28+,29+,30+/m1/s1. The summed E-state index contributed by atoms with van der Waals surface area (Å²) in [4.78, 5) is 52.4. The van der Waals surface area contributed by atoms with Crippen molar-refractivity contribution < 1.29 is 42.6 Å². The van der Waals surface area contributed by atoms with E-state index in [9.17, 15) is 42.6 Å². The van der Waals surface area contributed by atoms with Crippen molar-refractivity contribution >= 4 is 23.8 Å². The fourth-order valence-corrected chi connectivity index (χ4v) is 5.76. The highest BCUT2D eigenvalue weighted by Gasteiger charge is 2.43. The largest absolute Gasteiger partial charge is 0.480 e. The second-order valence-corrected chi connectivity index (χ2v) is 11.7. The number of aliphatic carboxylic acids is 2. The zero-order valence-corrected chi connectivity index (χ0v) is 25.5. The molecule has 0 radical (unpaired) electrons. The number of halogens is 3. The summed E-state index contributed by atoms with van der Waals surface area (Å²) in [7, 11) is 0. The van der Waals surface area contributed by atoms with Crippen molar-refractivity contribution in [1.29, 1.82) is 0 Å². The Hall–Kier alpha value is -4.75. The molecule has 0 aromatic heterocycles. The summed E-state index contributed by atoms with van der Waals surface area (Å²) in [5.41, 5.74) is 7.43. The van der Waals surface area contributed by atoms with Gasteiger partial charge < -0.3 is 26.2 Å². The third-order valence-corrected chi connectivity index (χ3v) is 8.10. The van der Waals surface area contributed by atoms with Crippen molar-refractivity contribution in [3.05, 3.63) is 107 Å². The van der Waals surface area contributed by atoms with Gasteiger partial charge in [-0.25, -0.2) is 18.0 Å². The summed E-state index contributed by atoms with van der Waals surface area (Å²) < 4.78 is 40.9. The fraction of sp³-hybridized carbons (Fsp3) is 0.353. The monoisotopic (exact) mass is 654 g/mol. The maximum atomic E-state index is 14.0. The number of nitrogens with one attached hydrogen (secondary N) is 2. The van der Waals surface area contributed by atoms with E-state index in [0.29, 0.717) is 18.6 Å². The Labute approximate surface area is 269 Å². The van der Waals surface area contributed by atoms with Crippen molar-refractivity contribution in [2.75, 3.05) is 6.54 Å². The first-order valence-corrected chi connectivity index (χ1v) is 15.2. The third kappa shape index (κ3) is 9.87. The molecular formula is C34H37F3N4O6. The lowest BCUT2D eigenvalue weighted by atomic mass is 10.0. The Morgan fingerprint density at radius 2 is 1.47 bits per heavy atom. The first kappa shape index (κ1) is 35.1. The molecule has 1 aliphatic rings. The van der Waals surface area contributed by atoms with E-state index < -0.39 is 71.4 Å². The van der Waals surface area contributed by atoms with Gasteiger partial charge in [-0.1, -0.05) is 60.7 Å². The van der Waals surface area contributed by atoms with Crippen LogP contribution in [0.5, 0.6) is 0 Å². The van der Waals surface area contributed by atoms with Gasteiger partial charge in [-0.15, -0.1) is 0 Å². The predicted octanol–water partition coefficient (Wildman–Crippen LogP) is 2.82. The van der Waals surface area contributed by atoms with Crippen LogP contribution in [0.25, 0.3) is 0 Å². The number of nitrogens with zero attached hydrogens (tertiary/aromatic N) is 1.